The summed E-state index contributed by atoms with van der Waals surface area (Å²) in [5.41, 5.74) is 6.36. The summed E-state index contributed by atoms with van der Waals surface area (Å²) in [6, 6.07) is 4.38. The molecule has 0 aliphatic heterocycles. The molecule has 0 saturated carbocycles. The van der Waals surface area contributed by atoms with Gasteiger partial charge >= 0.3 is 0 Å². The van der Waals surface area contributed by atoms with E-state index in [0.29, 0.717) is 5.56 Å². The van der Waals surface area contributed by atoms with Gasteiger partial charge in [-0.05, 0) is 38.0 Å². The van der Waals surface area contributed by atoms with Crippen molar-refractivity contribution in [3.05, 3.63) is 29.6 Å². The third-order valence-corrected chi connectivity index (χ3v) is 2.97. The molecule has 0 heterocycles. The summed E-state index contributed by atoms with van der Waals surface area (Å²) in [4.78, 5) is 11.6. The lowest BCUT2D eigenvalue weighted by molar-refractivity contribution is -0.123. The van der Waals surface area contributed by atoms with Crippen molar-refractivity contribution in [3.63, 3.8) is 0 Å². The SMILES string of the molecule is CCCC(C)NC(=O)COc1ccc([C@H](C)N)cc1F. The van der Waals surface area contributed by atoms with Crippen LogP contribution in [0.2, 0.25) is 0 Å². The highest BCUT2D eigenvalue weighted by atomic mass is 19.1. The maximum absolute atomic E-state index is 13.7. The molecule has 0 radical (unpaired) electrons. The van der Waals surface area contributed by atoms with Gasteiger partial charge in [-0.3, -0.25) is 4.79 Å². The largest absolute Gasteiger partial charge is 0.481 e. The Kier molecular flexibility index (Phi) is 6.45. The first-order valence-corrected chi connectivity index (χ1v) is 6.91. The predicted molar refractivity (Wildman–Crippen MR) is 77.0 cm³/mol. The van der Waals surface area contributed by atoms with Crippen molar-refractivity contribution in [3.8, 4) is 5.75 Å². The van der Waals surface area contributed by atoms with Crippen molar-refractivity contribution in [2.24, 2.45) is 5.73 Å². The van der Waals surface area contributed by atoms with Gasteiger partial charge in [-0.25, -0.2) is 4.39 Å². The van der Waals surface area contributed by atoms with Gasteiger partial charge in [0.1, 0.15) is 0 Å². The van der Waals surface area contributed by atoms with Gasteiger partial charge in [0.05, 0.1) is 0 Å². The van der Waals surface area contributed by atoms with Crippen molar-refractivity contribution in [2.75, 3.05) is 6.61 Å². The van der Waals surface area contributed by atoms with Crippen molar-refractivity contribution < 1.29 is 13.9 Å². The number of nitrogens with one attached hydrogen (secondary N) is 1. The average molecular weight is 282 g/mol. The summed E-state index contributed by atoms with van der Waals surface area (Å²) in [5, 5.41) is 2.79. The fourth-order valence-electron chi connectivity index (χ4n) is 1.88. The topological polar surface area (TPSA) is 64.3 Å². The van der Waals surface area contributed by atoms with Crippen LogP contribution in [0.15, 0.2) is 18.2 Å². The average Bonchev–Trinajstić information content (AvgIpc) is 2.37. The molecule has 1 rings (SSSR count). The molecule has 0 aliphatic rings. The van der Waals surface area contributed by atoms with E-state index in [1.54, 1.807) is 13.0 Å². The number of carbonyl (C=O) groups is 1. The first-order chi connectivity index (χ1) is 9.43. The molecule has 0 aliphatic carbocycles. The lowest BCUT2D eigenvalue weighted by atomic mass is 10.1. The number of hydrogen-bond acceptors (Lipinski definition) is 3. The number of nitrogens with two attached hydrogens (primary N) is 1. The van der Waals surface area contributed by atoms with Gasteiger partial charge in [-0.2, -0.15) is 0 Å². The number of ether oxygens (including phenoxy) is 1. The Morgan fingerprint density at radius 2 is 2.15 bits per heavy atom. The van der Waals surface area contributed by atoms with E-state index in [4.69, 9.17) is 10.5 Å². The van der Waals surface area contributed by atoms with Gasteiger partial charge in [0.15, 0.2) is 18.2 Å². The summed E-state index contributed by atoms with van der Waals surface area (Å²) in [6.45, 7) is 5.56. The van der Waals surface area contributed by atoms with Crippen LogP contribution in [0.3, 0.4) is 0 Å². The molecule has 112 valence electrons. The lowest BCUT2D eigenvalue weighted by Gasteiger charge is -2.14. The Labute approximate surface area is 119 Å². The van der Waals surface area contributed by atoms with Crippen molar-refractivity contribution in [1.29, 1.82) is 0 Å². The second kappa shape index (κ2) is 7.85. The second-order valence-electron chi connectivity index (χ2n) is 5.02. The molecule has 0 spiro atoms. The van der Waals surface area contributed by atoms with Crippen LogP contribution in [0.1, 0.15) is 45.2 Å². The van der Waals surface area contributed by atoms with E-state index in [1.165, 1.54) is 12.1 Å². The third kappa shape index (κ3) is 5.17. The molecule has 1 amide bonds. The van der Waals surface area contributed by atoms with Crippen molar-refractivity contribution >= 4 is 5.91 Å². The minimum atomic E-state index is -0.505. The van der Waals surface area contributed by atoms with E-state index in [-0.39, 0.29) is 30.3 Å². The van der Waals surface area contributed by atoms with Crippen molar-refractivity contribution in [2.45, 2.75) is 45.7 Å². The fourth-order valence-corrected chi connectivity index (χ4v) is 1.88. The summed E-state index contributed by atoms with van der Waals surface area (Å²) < 4.78 is 18.9. The molecule has 5 heteroatoms. The van der Waals surface area contributed by atoms with Crippen molar-refractivity contribution in [1.82, 2.24) is 5.32 Å². The first kappa shape index (κ1) is 16.4. The van der Waals surface area contributed by atoms with Gasteiger partial charge in [0.2, 0.25) is 0 Å². The molecule has 0 aromatic heterocycles. The number of amides is 1. The summed E-state index contributed by atoms with van der Waals surface area (Å²) in [6.07, 6.45) is 1.90. The fraction of sp³-hybridized carbons (Fsp3) is 0.533. The van der Waals surface area contributed by atoms with Crippen LogP contribution in [0.5, 0.6) is 5.75 Å². The smallest absolute Gasteiger partial charge is 0.258 e. The van der Waals surface area contributed by atoms with Gasteiger partial charge in [-0.15, -0.1) is 0 Å². The minimum absolute atomic E-state index is 0.0627. The Balaban J connectivity index is 2.51. The van der Waals surface area contributed by atoms with Gasteiger partial charge in [0, 0.05) is 12.1 Å². The highest BCUT2D eigenvalue weighted by Crippen LogP contribution is 2.21. The maximum atomic E-state index is 13.7. The molecule has 0 fully saturated rings. The van der Waals surface area contributed by atoms with Crippen LogP contribution in [-0.4, -0.2) is 18.6 Å². The van der Waals surface area contributed by atoms with E-state index < -0.39 is 5.82 Å². The van der Waals surface area contributed by atoms with Crippen LogP contribution in [0.4, 0.5) is 4.39 Å². The molecule has 2 atom stereocenters. The molecule has 1 unspecified atom stereocenters. The minimum Gasteiger partial charge on any atom is -0.481 e. The summed E-state index contributed by atoms with van der Waals surface area (Å²) in [5.74, 6) is -0.691. The molecule has 3 N–H and O–H groups in total. The van der Waals surface area contributed by atoms with E-state index >= 15 is 0 Å². The monoisotopic (exact) mass is 282 g/mol. The van der Waals surface area contributed by atoms with Crippen LogP contribution < -0.4 is 15.8 Å². The highest BCUT2D eigenvalue weighted by Gasteiger charge is 2.11. The second-order valence-corrected chi connectivity index (χ2v) is 5.02. The van der Waals surface area contributed by atoms with E-state index in [2.05, 4.69) is 12.2 Å². The first-order valence-electron chi connectivity index (χ1n) is 6.91. The van der Waals surface area contributed by atoms with Crippen LogP contribution in [-0.2, 0) is 4.79 Å². The van der Waals surface area contributed by atoms with Crippen LogP contribution in [0, 0.1) is 5.82 Å². The summed E-state index contributed by atoms with van der Waals surface area (Å²) in [7, 11) is 0. The predicted octanol–water partition coefficient (Wildman–Crippen LogP) is 2.53. The Morgan fingerprint density at radius 1 is 1.45 bits per heavy atom. The highest BCUT2D eigenvalue weighted by molar-refractivity contribution is 5.77. The zero-order valence-electron chi connectivity index (χ0n) is 12.3. The third-order valence-electron chi connectivity index (χ3n) is 2.97. The van der Waals surface area contributed by atoms with E-state index in [1.807, 2.05) is 6.92 Å². The number of rotatable bonds is 7. The Morgan fingerprint density at radius 3 is 2.70 bits per heavy atom. The molecule has 1 aromatic carbocycles. The lowest BCUT2D eigenvalue weighted by Crippen LogP contribution is -2.36. The molecule has 0 saturated heterocycles. The van der Waals surface area contributed by atoms with Gasteiger partial charge in [0.25, 0.3) is 5.91 Å². The zero-order chi connectivity index (χ0) is 15.1. The quantitative estimate of drug-likeness (QED) is 0.807. The van der Waals surface area contributed by atoms with Crippen LogP contribution >= 0.6 is 0 Å². The molecule has 1 aromatic rings. The maximum Gasteiger partial charge on any atom is 0.258 e. The zero-order valence-corrected chi connectivity index (χ0v) is 12.3. The number of halogens is 1. The normalized spacial score (nSPS) is 13.7. The number of benzene rings is 1. The Hall–Kier alpha value is -1.62. The van der Waals surface area contributed by atoms with E-state index in [9.17, 15) is 9.18 Å². The molecular formula is C15H23FN2O2. The molecular weight excluding hydrogens is 259 g/mol. The molecule has 20 heavy (non-hydrogen) atoms. The Bertz CT molecular complexity index is 449. The van der Waals surface area contributed by atoms with Crippen LogP contribution in [0.25, 0.3) is 0 Å². The standard InChI is InChI=1S/C15H23FN2O2/c1-4-5-10(2)18-15(19)9-20-14-7-6-12(11(3)17)8-13(14)16/h6-8,10-11H,4-5,9,17H2,1-3H3,(H,18,19)/t10?,11-/m0/s1. The number of carbonyl (C=O) groups excluding carboxylic acids is 1. The van der Waals surface area contributed by atoms with Gasteiger partial charge in [-0.1, -0.05) is 19.4 Å². The van der Waals surface area contributed by atoms with E-state index in [0.717, 1.165) is 12.8 Å². The molecule has 4 nitrogen and oxygen atoms in total. The molecule has 0 bridgehead atoms. The summed E-state index contributed by atoms with van der Waals surface area (Å²) >= 11 is 0. The number of hydrogen-bond donors (Lipinski definition) is 2. The van der Waals surface area contributed by atoms with Gasteiger partial charge < -0.3 is 15.8 Å².